The van der Waals surface area contributed by atoms with Crippen LogP contribution in [0.15, 0.2) is 66.7 Å². The topological polar surface area (TPSA) is 75.7 Å². The van der Waals surface area contributed by atoms with Crippen molar-refractivity contribution in [3.05, 3.63) is 83.4 Å². The summed E-state index contributed by atoms with van der Waals surface area (Å²) in [6, 6.07) is 15.4. The normalized spacial score (nSPS) is 15.1. The zero-order chi connectivity index (χ0) is 24.2. The molecule has 6 nitrogen and oxygen atoms in total. The minimum absolute atomic E-state index is 0.0326. The first-order chi connectivity index (χ1) is 15.5. The van der Waals surface area contributed by atoms with E-state index in [-0.39, 0.29) is 29.3 Å². The summed E-state index contributed by atoms with van der Waals surface area (Å²) in [5.41, 5.74) is 1.40. The molecule has 1 aliphatic rings. The first-order valence-corrected chi connectivity index (χ1v) is 14.0. The maximum atomic E-state index is 12.7. The van der Waals surface area contributed by atoms with Crippen LogP contribution in [-0.2, 0) is 4.43 Å². The van der Waals surface area contributed by atoms with E-state index in [0.717, 1.165) is 0 Å². The van der Waals surface area contributed by atoms with Crippen LogP contribution in [0.3, 0.4) is 0 Å². The van der Waals surface area contributed by atoms with Crippen molar-refractivity contribution >= 4 is 26.0 Å². The molecule has 1 heterocycles. The molecule has 2 aromatic rings. The third kappa shape index (κ3) is 5.67. The Hall–Kier alpha value is -3.03. The predicted octanol–water partition coefficient (Wildman–Crippen LogP) is 4.66. The number of imide groups is 1. The molecule has 0 saturated carbocycles. The largest absolute Gasteiger partial charge is 0.414 e. The summed E-state index contributed by atoms with van der Waals surface area (Å²) >= 11 is 0. The van der Waals surface area contributed by atoms with Gasteiger partial charge < -0.3 is 9.74 Å². The summed E-state index contributed by atoms with van der Waals surface area (Å²) in [6.45, 7) is 11.2. The predicted molar refractivity (Wildman–Crippen MR) is 132 cm³/mol. The highest BCUT2D eigenvalue weighted by atomic mass is 28.4. The highest BCUT2D eigenvalue weighted by Crippen LogP contribution is 2.36. The van der Waals surface area contributed by atoms with Crippen molar-refractivity contribution < 1.29 is 18.8 Å². The Bertz CT molecular complexity index is 1020. The smallest absolute Gasteiger partial charge is 0.261 e. The van der Waals surface area contributed by atoms with Gasteiger partial charge in [0.15, 0.2) is 8.32 Å². The molecule has 3 amide bonds. The van der Waals surface area contributed by atoms with Crippen LogP contribution in [-0.4, -0.2) is 50.1 Å². The van der Waals surface area contributed by atoms with Crippen molar-refractivity contribution in [2.75, 3.05) is 13.2 Å². The number of rotatable bonds is 8. The van der Waals surface area contributed by atoms with Gasteiger partial charge in [0.2, 0.25) is 0 Å². The second kappa shape index (κ2) is 9.85. The van der Waals surface area contributed by atoms with Gasteiger partial charge in [0.25, 0.3) is 17.7 Å². The maximum Gasteiger partial charge on any atom is 0.261 e. The molecule has 0 unspecified atom stereocenters. The number of fused-ring (bicyclic) bond motifs is 1. The van der Waals surface area contributed by atoms with Gasteiger partial charge in [0.1, 0.15) is 0 Å². The van der Waals surface area contributed by atoms with Crippen molar-refractivity contribution in [1.29, 1.82) is 0 Å². The highest BCUT2D eigenvalue weighted by Gasteiger charge is 2.38. The Kier molecular flexibility index (Phi) is 7.34. The number of nitrogens with zero attached hydrogens (tertiary/aromatic N) is 1. The van der Waals surface area contributed by atoms with Crippen molar-refractivity contribution in [3.63, 3.8) is 0 Å². The molecule has 0 radical (unpaired) electrons. The molecule has 0 aliphatic carbocycles. The lowest BCUT2D eigenvalue weighted by Gasteiger charge is -2.37. The lowest BCUT2D eigenvalue weighted by atomic mass is 10.1. The van der Waals surface area contributed by atoms with E-state index in [2.05, 4.69) is 39.2 Å². The average molecular weight is 465 g/mol. The minimum Gasteiger partial charge on any atom is -0.414 e. The van der Waals surface area contributed by atoms with E-state index in [0.29, 0.717) is 23.3 Å². The zero-order valence-electron chi connectivity index (χ0n) is 19.9. The quantitative estimate of drug-likeness (QED) is 0.350. The fourth-order valence-electron chi connectivity index (χ4n) is 3.24. The SMILES string of the molecule is CC(C)(C)[Si](C)(C)OC[C@@H](/C=C/CN1C(=O)c2ccccc2C1=O)NC(=O)c1ccccc1. The third-order valence-corrected chi connectivity index (χ3v) is 10.8. The van der Waals surface area contributed by atoms with E-state index in [1.54, 1.807) is 48.6 Å². The van der Waals surface area contributed by atoms with E-state index in [1.807, 2.05) is 18.2 Å². The molecular formula is C26H32N2O4Si. The van der Waals surface area contributed by atoms with Crippen molar-refractivity contribution in [3.8, 4) is 0 Å². The number of benzene rings is 2. The number of carbonyl (C=O) groups excluding carboxylic acids is 3. The molecule has 174 valence electrons. The van der Waals surface area contributed by atoms with Crippen LogP contribution in [0.2, 0.25) is 18.1 Å². The maximum absolute atomic E-state index is 12.7. The van der Waals surface area contributed by atoms with E-state index >= 15 is 0 Å². The van der Waals surface area contributed by atoms with Crippen molar-refractivity contribution in [1.82, 2.24) is 10.2 Å². The minimum atomic E-state index is -2.03. The molecule has 0 bridgehead atoms. The van der Waals surface area contributed by atoms with E-state index in [4.69, 9.17) is 4.43 Å². The molecule has 0 aromatic heterocycles. The van der Waals surface area contributed by atoms with Crippen LogP contribution in [0.25, 0.3) is 0 Å². The standard InChI is InChI=1S/C26H32N2O4Si/c1-26(2,3)33(4,5)32-18-20(27-23(29)19-12-7-6-8-13-19)14-11-17-28-24(30)21-15-9-10-16-22(21)25(28)31/h6-16,20H,17-18H2,1-5H3,(H,27,29)/b14-11+/t20-/m1/s1. The Morgan fingerprint density at radius 3 is 2.09 bits per heavy atom. The summed E-state index contributed by atoms with van der Waals surface area (Å²) in [6.07, 6.45) is 3.55. The monoisotopic (exact) mass is 464 g/mol. The first kappa shape index (κ1) is 24.6. The van der Waals surface area contributed by atoms with Crippen LogP contribution in [0.5, 0.6) is 0 Å². The Labute approximate surface area is 196 Å². The summed E-state index contributed by atoms with van der Waals surface area (Å²) in [5.74, 6) is -0.810. The van der Waals surface area contributed by atoms with Gasteiger partial charge in [-0.3, -0.25) is 19.3 Å². The lowest BCUT2D eigenvalue weighted by molar-refractivity contribution is 0.0671. The number of carbonyl (C=O) groups is 3. The Morgan fingerprint density at radius 2 is 1.55 bits per heavy atom. The van der Waals surface area contributed by atoms with Crippen LogP contribution >= 0.6 is 0 Å². The highest BCUT2D eigenvalue weighted by molar-refractivity contribution is 6.74. The van der Waals surface area contributed by atoms with Crippen molar-refractivity contribution in [2.45, 2.75) is 44.9 Å². The molecule has 0 saturated heterocycles. The van der Waals surface area contributed by atoms with Gasteiger partial charge in [0.05, 0.1) is 23.8 Å². The van der Waals surface area contributed by atoms with Crippen LogP contribution in [0, 0.1) is 0 Å². The third-order valence-electron chi connectivity index (χ3n) is 6.32. The molecule has 3 rings (SSSR count). The number of nitrogens with one attached hydrogen (secondary N) is 1. The second-order valence-corrected chi connectivity index (χ2v) is 14.5. The van der Waals surface area contributed by atoms with Crippen molar-refractivity contribution in [2.24, 2.45) is 0 Å². The fourth-order valence-corrected chi connectivity index (χ4v) is 4.27. The molecule has 1 aliphatic heterocycles. The molecule has 1 N–H and O–H groups in total. The van der Waals surface area contributed by atoms with Gasteiger partial charge in [-0.15, -0.1) is 0 Å². The molecule has 7 heteroatoms. The molecular weight excluding hydrogens is 432 g/mol. The van der Waals surface area contributed by atoms with Crippen LogP contribution in [0.4, 0.5) is 0 Å². The lowest BCUT2D eigenvalue weighted by Crippen LogP contribution is -2.45. The number of hydrogen-bond donors (Lipinski definition) is 1. The molecule has 1 atom stereocenters. The van der Waals surface area contributed by atoms with Gasteiger partial charge in [-0.05, 0) is 42.4 Å². The second-order valence-electron chi connectivity index (χ2n) is 9.71. The first-order valence-electron chi connectivity index (χ1n) is 11.1. The number of amides is 3. The van der Waals surface area contributed by atoms with Crippen LogP contribution in [0.1, 0.15) is 51.8 Å². The van der Waals surface area contributed by atoms with Gasteiger partial charge in [-0.25, -0.2) is 0 Å². The van der Waals surface area contributed by atoms with Gasteiger partial charge in [-0.1, -0.05) is 63.3 Å². The molecule has 33 heavy (non-hydrogen) atoms. The molecule has 0 spiro atoms. The summed E-state index contributed by atoms with van der Waals surface area (Å²) in [7, 11) is -2.03. The van der Waals surface area contributed by atoms with Gasteiger partial charge >= 0.3 is 0 Å². The van der Waals surface area contributed by atoms with Crippen LogP contribution < -0.4 is 5.32 Å². The Morgan fingerprint density at radius 1 is 1.00 bits per heavy atom. The zero-order valence-corrected chi connectivity index (χ0v) is 20.9. The van der Waals surface area contributed by atoms with E-state index in [1.165, 1.54) is 4.90 Å². The average Bonchev–Trinajstić information content (AvgIpc) is 3.02. The van der Waals surface area contributed by atoms with E-state index < -0.39 is 14.4 Å². The van der Waals surface area contributed by atoms with E-state index in [9.17, 15) is 14.4 Å². The van der Waals surface area contributed by atoms with Gasteiger partial charge in [0, 0.05) is 12.1 Å². The fraction of sp³-hybridized carbons (Fsp3) is 0.346. The summed E-state index contributed by atoms with van der Waals surface area (Å²) < 4.78 is 6.33. The van der Waals surface area contributed by atoms with Gasteiger partial charge in [-0.2, -0.15) is 0 Å². The summed E-state index contributed by atoms with van der Waals surface area (Å²) in [4.78, 5) is 39.1. The molecule has 2 aromatic carbocycles. The number of hydrogen-bond acceptors (Lipinski definition) is 4. The Balaban J connectivity index is 1.72. The summed E-state index contributed by atoms with van der Waals surface area (Å²) in [5, 5.41) is 3.04. The molecule has 0 fully saturated rings.